The van der Waals surface area contributed by atoms with Crippen LogP contribution in [0.1, 0.15) is 35.6 Å². The summed E-state index contributed by atoms with van der Waals surface area (Å²) in [5, 5.41) is 11.7. The molecule has 1 N–H and O–H groups in total. The third-order valence-corrected chi connectivity index (χ3v) is 4.58. The number of hydrogen-bond donors (Lipinski definition) is 1. The number of aromatic nitrogens is 6. The Kier molecular flexibility index (Phi) is 4.13. The summed E-state index contributed by atoms with van der Waals surface area (Å²) in [7, 11) is 1.94. The van der Waals surface area contributed by atoms with Crippen LogP contribution in [0.5, 0.6) is 0 Å². The Labute approximate surface area is 146 Å². The SMILES string of the molecule is Cc1nc(CNc2ccc(-c3nccn3C)nn2)nc2c1CCCC2. The van der Waals surface area contributed by atoms with Crippen molar-refractivity contribution in [2.24, 2.45) is 7.05 Å². The number of fused-ring (bicyclic) bond motifs is 1. The first-order valence-corrected chi connectivity index (χ1v) is 8.61. The zero-order valence-electron chi connectivity index (χ0n) is 14.5. The van der Waals surface area contributed by atoms with Gasteiger partial charge in [0.05, 0.1) is 6.54 Å². The second-order valence-electron chi connectivity index (χ2n) is 6.38. The lowest BCUT2D eigenvalue weighted by atomic mass is 9.95. The molecule has 0 saturated heterocycles. The van der Waals surface area contributed by atoms with Gasteiger partial charge in [-0.1, -0.05) is 0 Å². The van der Waals surface area contributed by atoms with Crippen molar-refractivity contribution in [1.82, 2.24) is 29.7 Å². The number of rotatable bonds is 4. The maximum atomic E-state index is 4.72. The van der Waals surface area contributed by atoms with Gasteiger partial charge in [0.25, 0.3) is 0 Å². The van der Waals surface area contributed by atoms with Gasteiger partial charge in [0, 0.05) is 30.8 Å². The average molecular weight is 335 g/mol. The molecular weight excluding hydrogens is 314 g/mol. The molecule has 7 heteroatoms. The van der Waals surface area contributed by atoms with Gasteiger partial charge in [0.2, 0.25) is 0 Å². The Bertz CT molecular complexity index is 883. The van der Waals surface area contributed by atoms with E-state index in [0.29, 0.717) is 12.4 Å². The molecule has 0 spiro atoms. The fourth-order valence-corrected chi connectivity index (χ4v) is 3.25. The molecule has 3 aromatic heterocycles. The lowest BCUT2D eigenvalue weighted by Crippen LogP contribution is -2.14. The summed E-state index contributed by atoms with van der Waals surface area (Å²) in [5.74, 6) is 2.32. The molecule has 0 radical (unpaired) electrons. The Morgan fingerprint density at radius 2 is 2.00 bits per heavy atom. The number of nitrogens with one attached hydrogen (secondary N) is 1. The van der Waals surface area contributed by atoms with E-state index in [9.17, 15) is 0 Å². The monoisotopic (exact) mass is 335 g/mol. The molecule has 1 aliphatic carbocycles. The summed E-state index contributed by atoms with van der Waals surface area (Å²) in [5.41, 5.74) is 4.41. The highest BCUT2D eigenvalue weighted by atomic mass is 15.2. The molecule has 0 saturated carbocycles. The van der Waals surface area contributed by atoms with Crippen molar-refractivity contribution in [2.45, 2.75) is 39.2 Å². The fraction of sp³-hybridized carbons (Fsp3) is 0.389. The summed E-state index contributed by atoms with van der Waals surface area (Å²) in [6.45, 7) is 2.63. The minimum Gasteiger partial charge on any atom is -0.361 e. The summed E-state index contributed by atoms with van der Waals surface area (Å²) in [4.78, 5) is 13.6. The van der Waals surface area contributed by atoms with Crippen molar-refractivity contribution in [3.05, 3.63) is 47.3 Å². The number of anilines is 1. The summed E-state index contributed by atoms with van der Waals surface area (Å²) in [6, 6.07) is 3.82. The van der Waals surface area contributed by atoms with E-state index in [4.69, 9.17) is 4.98 Å². The third kappa shape index (κ3) is 3.22. The van der Waals surface area contributed by atoms with Crippen LogP contribution in [0.2, 0.25) is 0 Å². The Morgan fingerprint density at radius 3 is 2.76 bits per heavy atom. The zero-order valence-corrected chi connectivity index (χ0v) is 14.5. The molecule has 0 bridgehead atoms. The first kappa shape index (κ1) is 15.7. The molecule has 3 aromatic rings. The van der Waals surface area contributed by atoms with Gasteiger partial charge in [-0.3, -0.25) is 0 Å². The number of hydrogen-bond acceptors (Lipinski definition) is 6. The van der Waals surface area contributed by atoms with E-state index in [1.54, 1.807) is 6.20 Å². The molecule has 0 atom stereocenters. The summed E-state index contributed by atoms with van der Waals surface area (Å²) in [6.07, 6.45) is 8.26. The van der Waals surface area contributed by atoms with E-state index in [2.05, 4.69) is 32.4 Å². The maximum Gasteiger partial charge on any atom is 0.160 e. The number of imidazole rings is 1. The highest BCUT2D eigenvalue weighted by Gasteiger charge is 2.15. The molecule has 3 heterocycles. The molecule has 0 unspecified atom stereocenters. The Hall–Kier alpha value is -2.83. The van der Waals surface area contributed by atoms with Crippen LogP contribution in [-0.2, 0) is 26.4 Å². The van der Waals surface area contributed by atoms with Crippen molar-refractivity contribution in [1.29, 1.82) is 0 Å². The lowest BCUT2D eigenvalue weighted by Gasteiger charge is -2.17. The minimum atomic E-state index is 0.546. The zero-order chi connectivity index (χ0) is 17.2. The highest BCUT2D eigenvalue weighted by molar-refractivity contribution is 5.51. The van der Waals surface area contributed by atoms with Crippen LogP contribution in [0, 0.1) is 6.92 Å². The Balaban J connectivity index is 1.47. The van der Waals surface area contributed by atoms with Crippen molar-refractivity contribution in [3.63, 3.8) is 0 Å². The summed E-state index contributed by atoms with van der Waals surface area (Å²) < 4.78 is 1.92. The van der Waals surface area contributed by atoms with Crippen LogP contribution < -0.4 is 5.32 Å². The van der Waals surface area contributed by atoms with Crippen LogP contribution in [0.4, 0.5) is 5.82 Å². The van der Waals surface area contributed by atoms with Gasteiger partial charge in [-0.05, 0) is 50.3 Å². The van der Waals surface area contributed by atoms with Gasteiger partial charge in [-0.25, -0.2) is 15.0 Å². The second kappa shape index (κ2) is 6.58. The Morgan fingerprint density at radius 1 is 1.12 bits per heavy atom. The van der Waals surface area contributed by atoms with Crippen molar-refractivity contribution in [2.75, 3.05) is 5.32 Å². The molecule has 0 aromatic carbocycles. The first-order valence-electron chi connectivity index (χ1n) is 8.61. The van der Waals surface area contributed by atoms with E-state index in [0.717, 1.165) is 35.9 Å². The third-order valence-electron chi connectivity index (χ3n) is 4.58. The van der Waals surface area contributed by atoms with E-state index in [1.807, 2.05) is 29.9 Å². The maximum absolute atomic E-state index is 4.72. The molecule has 128 valence electrons. The highest BCUT2D eigenvalue weighted by Crippen LogP contribution is 2.22. The molecule has 4 rings (SSSR count). The van der Waals surface area contributed by atoms with Crippen LogP contribution in [0.3, 0.4) is 0 Å². The van der Waals surface area contributed by atoms with Gasteiger partial charge in [0.15, 0.2) is 5.82 Å². The van der Waals surface area contributed by atoms with Crippen LogP contribution >= 0.6 is 0 Å². The molecule has 0 aliphatic heterocycles. The summed E-state index contributed by atoms with van der Waals surface area (Å²) >= 11 is 0. The number of nitrogens with zero attached hydrogens (tertiary/aromatic N) is 6. The first-order chi connectivity index (χ1) is 12.2. The fourth-order valence-electron chi connectivity index (χ4n) is 3.25. The van der Waals surface area contributed by atoms with E-state index in [1.165, 1.54) is 24.1 Å². The van der Waals surface area contributed by atoms with E-state index >= 15 is 0 Å². The van der Waals surface area contributed by atoms with E-state index < -0.39 is 0 Å². The van der Waals surface area contributed by atoms with Crippen LogP contribution in [0.25, 0.3) is 11.5 Å². The smallest absolute Gasteiger partial charge is 0.160 e. The second-order valence-corrected chi connectivity index (χ2v) is 6.38. The van der Waals surface area contributed by atoms with Crippen LogP contribution in [0.15, 0.2) is 24.5 Å². The quantitative estimate of drug-likeness (QED) is 0.789. The predicted molar refractivity (Wildman–Crippen MR) is 95.0 cm³/mol. The largest absolute Gasteiger partial charge is 0.361 e. The average Bonchev–Trinajstić information content (AvgIpc) is 3.06. The number of aryl methyl sites for hydroxylation is 3. The van der Waals surface area contributed by atoms with Crippen molar-refractivity contribution in [3.8, 4) is 11.5 Å². The van der Waals surface area contributed by atoms with Gasteiger partial charge in [-0.2, -0.15) is 0 Å². The van der Waals surface area contributed by atoms with Crippen molar-refractivity contribution >= 4 is 5.82 Å². The van der Waals surface area contributed by atoms with E-state index in [-0.39, 0.29) is 0 Å². The molecular formula is C18H21N7. The standard InChI is InChI=1S/C18H21N7/c1-12-13-5-3-4-6-14(13)22-17(21-12)11-20-16-8-7-15(23-24-16)18-19-9-10-25(18)2/h7-10H,3-6,11H2,1-2H3,(H,20,24). The van der Waals surface area contributed by atoms with Crippen LogP contribution in [-0.4, -0.2) is 29.7 Å². The lowest BCUT2D eigenvalue weighted by molar-refractivity contribution is 0.648. The molecule has 25 heavy (non-hydrogen) atoms. The normalized spacial score (nSPS) is 13.5. The molecule has 1 aliphatic rings. The van der Waals surface area contributed by atoms with Gasteiger partial charge < -0.3 is 9.88 Å². The molecule has 0 fully saturated rings. The topological polar surface area (TPSA) is 81.4 Å². The van der Waals surface area contributed by atoms with Gasteiger partial charge >= 0.3 is 0 Å². The van der Waals surface area contributed by atoms with Gasteiger partial charge in [0.1, 0.15) is 17.3 Å². The van der Waals surface area contributed by atoms with Gasteiger partial charge in [-0.15, -0.1) is 10.2 Å². The molecule has 0 amide bonds. The predicted octanol–water partition coefficient (Wildman–Crippen LogP) is 2.47. The van der Waals surface area contributed by atoms with Crippen molar-refractivity contribution < 1.29 is 0 Å². The molecule has 7 nitrogen and oxygen atoms in total. The minimum absolute atomic E-state index is 0.546.